The minimum atomic E-state index is -3.73. The predicted molar refractivity (Wildman–Crippen MR) is 69.4 cm³/mol. The first-order valence-corrected chi connectivity index (χ1v) is 7.68. The summed E-state index contributed by atoms with van der Waals surface area (Å²) in [5.41, 5.74) is -0.864. The molecule has 2 heterocycles. The molecule has 0 spiro atoms. The number of pyridine rings is 1. The largest absolute Gasteiger partial charge is 0.394 e. The molecule has 0 unspecified atom stereocenters. The van der Waals surface area contributed by atoms with Crippen LogP contribution >= 0.6 is 11.6 Å². The zero-order chi connectivity index (χ0) is 13.9. The van der Waals surface area contributed by atoms with Gasteiger partial charge in [0.1, 0.15) is 10.0 Å². The van der Waals surface area contributed by atoms with Crippen molar-refractivity contribution in [2.45, 2.75) is 23.3 Å². The first kappa shape index (κ1) is 14.7. The molecule has 0 atom stereocenters. The highest BCUT2D eigenvalue weighted by Crippen LogP contribution is 2.23. The summed E-state index contributed by atoms with van der Waals surface area (Å²) in [6, 6.07) is 2.79. The molecule has 2 N–H and O–H groups in total. The molecule has 0 aromatic carbocycles. The van der Waals surface area contributed by atoms with Gasteiger partial charge >= 0.3 is 0 Å². The summed E-state index contributed by atoms with van der Waals surface area (Å²) in [7, 11) is -3.73. The molecule has 1 aromatic heterocycles. The fraction of sp³-hybridized carbons (Fsp3) is 0.545. The molecule has 0 amide bonds. The highest BCUT2D eigenvalue weighted by Gasteiger charge is 2.36. The number of nitrogens with one attached hydrogen (secondary N) is 1. The molecule has 1 aromatic rings. The first-order valence-electron chi connectivity index (χ1n) is 5.82. The molecule has 6 nitrogen and oxygen atoms in total. The minimum Gasteiger partial charge on any atom is -0.394 e. The number of hydrogen-bond donors (Lipinski definition) is 2. The van der Waals surface area contributed by atoms with Crippen LogP contribution in [0, 0.1) is 0 Å². The Hall–Kier alpha value is -0.730. The third-order valence-corrected chi connectivity index (χ3v) is 4.90. The Labute approximate surface area is 116 Å². The average Bonchev–Trinajstić information content (AvgIpc) is 2.40. The Bertz CT molecular complexity index is 526. The standard InChI is InChI=1S/C11H15ClN2O4S/c12-10-2-1-9(7-13-10)19(16,17)14-11(8-15)3-5-18-6-4-11/h1-2,7,14-15H,3-6,8H2. The second kappa shape index (κ2) is 5.72. The molecule has 2 rings (SSSR count). The van der Waals surface area contributed by atoms with E-state index in [1.165, 1.54) is 18.3 Å². The van der Waals surface area contributed by atoms with Gasteiger partial charge in [0.05, 0.1) is 12.1 Å². The molecule has 1 saturated heterocycles. The van der Waals surface area contributed by atoms with Crippen LogP contribution in [0.2, 0.25) is 5.15 Å². The SMILES string of the molecule is O=S(=O)(NC1(CO)CCOCC1)c1ccc(Cl)nc1. The van der Waals surface area contributed by atoms with E-state index in [2.05, 4.69) is 9.71 Å². The van der Waals surface area contributed by atoms with Crippen molar-refractivity contribution in [3.05, 3.63) is 23.5 Å². The van der Waals surface area contributed by atoms with E-state index in [-0.39, 0.29) is 16.7 Å². The summed E-state index contributed by atoms with van der Waals surface area (Å²) in [6.45, 7) is 0.570. The summed E-state index contributed by atoms with van der Waals surface area (Å²) in [5, 5.41) is 9.70. The van der Waals surface area contributed by atoms with Gasteiger partial charge in [0.15, 0.2) is 0 Å². The quantitative estimate of drug-likeness (QED) is 0.793. The highest BCUT2D eigenvalue weighted by atomic mass is 35.5. The maximum atomic E-state index is 12.2. The molecule has 0 aliphatic carbocycles. The fourth-order valence-corrected chi connectivity index (χ4v) is 3.43. The molecule has 8 heteroatoms. The first-order chi connectivity index (χ1) is 8.97. The van der Waals surface area contributed by atoms with Crippen LogP contribution in [0.25, 0.3) is 0 Å². The van der Waals surface area contributed by atoms with E-state index >= 15 is 0 Å². The van der Waals surface area contributed by atoms with Crippen molar-refractivity contribution in [1.82, 2.24) is 9.71 Å². The van der Waals surface area contributed by atoms with E-state index in [1.54, 1.807) is 0 Å². The monoisotopic (exact) mass is 306 g/mol. The van der Waals surface area contributed by atoms with Crippen molar-refractivity contribution >= 4 is 21.6 Å². The topological polar surface area (TPSA) is 88.5 Å². The van der Waals surface area contributed by atoms with Gasteiger partial charge in [0.2, 0.25) is 10.0 Å². The van der Waals surface area contributed by atoms with E-state index in [4.69, 9.17) is 16.3 Å². The van der Waals surface area contributed by atoms with Crippen molar-refractivity contribution in [3.8, 4) is 0 Å². The number of halogens is 1. The summed E-state index contributed by atoms with van der Waals surface area (Å²) in [5.74, 6) is 0. The van der Waals surface area contributed by atoms with Crippen LogP contribution in [0.1, 0.15) is 12.8 Å². The Kier molecular flexibility index (Phi) is 4.42. The second-order valence-corrected chi connectivity index (χ2v) is 6.54. The fourth-order valence-electron chi connectivity index (χ4n) is 1.92. The van der Waals surface area contributed by atoms with Crippen LogP contribution in [0.4, 0.5) is 0 Å². The summed E-state index contributed by atoms with van der Waals surface area (Å²) in [4.78, 5) is 3.77. The number of aromatic nitrogens is 1. The van der Waals surface area contributed by atoms with Crippen molar-refractivity contribution in [3.63, 3.8) is 0 Å². The predicted octanol–water partition coefficient (Wildman–Crippen LogP) is 0.555. The molecule has 1 aliphatic heterocycles. The van der Waals surface area contributed by atoms with Gasteiger partial charge < -0.3 is 9.84 Å². The van der Waals surface area contributed by atoms with Crippen LogP contribution < -0.4 is 4.72 Å². The number of sulfonamides is 1. The van der Waals surface area contributed by atoms with Gasteiger partial charge in [0.25, 0.3) is 0 Å². The molecule has 1 aliphatic rings. The lowest BCUT2D eigenvalue weighted by molar-refractivity contribution is 0.0223. The minimum absolute atomic E-state index is 0.0243. The Morgan fingerprint density at radius 1 is 1.42 bits per heavy atom. The molecule has 0 radical (unpaired) electrons. The smallest absolute Gasteiger partial charge is 0.242 e. The van der Waals surface area contributed by atoms with Crippen LogP contribution in [-0.2, 0) is 14.8 Å². The molecule has 106 valence electrons. The van der Waals surface area contributed by atoms with Crippen LogP contribution in [0.3, 0.4) is 0 Å². The third-order valence-electron chi connectivity index (χ3n) is 3.11. The van der Waals surface area contributed by atoms with E-state index in [1.807, 2.05) is 0 Å². The van der Waals surface area contributed by atoms with Gasteiger partial charge in [-0.3, -0.25) is 0 Å². The van der Waals surface area contributed by atoms with Crippen LogP contribution in [0.5, 0.6) is 0 Å². The van der Waals surface area contributed by atoms with Gasteiger partial charge in [-0.1, -0.05) is 11.6 Å². The number of nitrogens with zero attached hydrogens (tertiary/aromatic N) is 1. The van der Waals surface area contributed by atoms with Gasteiger partial charge in [-0.25, -0.2) is 18.1 Å². The van der Waals surface area contributed by atoms with E-state index in [0.29, 0.717) is 26.1 Å². The molecule has 0 saturated carbocycles. The molecule has 1 fully saturated rings. The molecular weight excluding hydrogens is 292 g/mol. The van der Waals surface area contributed by atoms with Crippen LogP contribution in [0.15, 0.2) is 23.2 Å². The summed E-state index contributed by atoms with van der Waals surface area (Å²) in [6.07, 6.45) is 2.06. The summed E-state index contributed by atoms with van der Waals surface area (Å²) < 4.78 is 32.2. The molecular formula is C11H15ClN2O4S. The van der Waals surface area contributed by atoms with Crippen molar-refractivity contribution in [1.29, 1.82) is 0 Å². The van der Waals surface area contributed by atoms with E-state index in [9.17, 15) is 13.5 Å². The van der Waals surface area contributed by atoms with Gasteiger partial charge in [-0.2, -0.15) is 0 Å². The number of hydrogen-bond acceptors (Lipinski definition) is 5. The van der Waals surface area contributed by atoms with E-state index in [0.717, 1.165) is 0 Å². The van der Waals surface area contributed by atoms with E-state index < -0.39 is 15.6 Å². The number of aliphatic hydroxyl groups is 1. The maximum Gasteiger partial charge on any atom is 0.242 e. The highest BCUT2D eigenvalue weighted by molar-refractivity contribution is 7.89. The lowest BCUT2D eigenvalue weighted by atomic mass is 9.93. The molecule has 0 bridgehead atoms. The zero-order valence-electron chi connectivity index (χ0n) is 10.2. The van der Waals surface area contributed by atoms with Crippen molar-refractivity contribution < 1.29 is 18.3 Å². The van der Waals surface area contributed by atoms with Gasteiger partial charge in [-0.15, -0.1) is 0 Å². The molecule has 19 heavy (non-hydrogen) atoms. The Morgan fingerprint density at radius 3 is 2.63 bits per heavy atom. The summed E-state index contributed by atoms with van der Waals surface area (Å²) >= 11 is 5.63. The Morgan fingerprint density at radius 2 is 2.11 bits per heavy atom. The number of ether oxygens (including phenoxy) is 1. The maximum absolute atomic E-state index is 12.2. The Balaban J connectivity index is 2.22. The van der Waals surface area contributed by atoms with Gasteiger partial charge in [-0.05, 0) is 25.0 Å². The van der Waals surface area contributed by atoms with Crippen molar-refractivity contribution in [2.24, 2.45) is 0 Å². The van der Waals surface area contributed by atoms with Crippen molar-refractivity contribution in [2.75, 3.05) is 19.8 Å². The lowest BCUT2D eigenvalue weighted by Gasteiger charge is -2.35. The normalized spacial score (nSPS) is 19.3. The number of aliphatic hydroxyl groups excluding tert-OH is 1. The van der Waals surface area contributed by atoms with Crippen LogP contribution in [-0.4, -0.2) is 43.9 Å². The third kappa shape index (κ3) is 3.43. The van der Waals surface area contributed by atoms with Gasteiger partial charge in [0, 0.05) is 19.4 Å². The lowest BCUT2D eigenvalue weighted by Crippen LogP contribution is -2.54. The number of rotatable bonds is 4. The average molecular weight is 307 g/mol. The zero-order valence-corrected chi connectivity index (χ0v) is 11.7. The second-order valence-electron chi connectivity index (χ2n) is 4.47.